The van der Waals surface area contributed by atoms with E-state index in [1.54, 1.807) is 0 Å². The van der Waals surface area contributed by atoms with Crippen LogP contribution in [0.25, 0.3) is 22.5 Å². The highest BCUT2D eigenvalue weighted by Gasteiger charge is 2.21. The molecule has 0 unspecified atom stereocenters. The quantitative estimate of drug-likeness (QED) is 0.549. The molecule has 1 aliphatic heterocycles. The number of oxime groups is 1. The predicted molar refractivity (Wildman–Crippen MR) is 111 cm³/mol. The van der Waals surface area contributed by atoms with Gasteiger partial charge in [-0.2, -0.15) is 0 Å². The van der Waals surface area contributed by atoms with Gasteiger partial charge in [-0.1, -0.05) is 64.8 Å². The Morgan fingerprint density at radius 3 is 1.86 bits per heavy atom. The molecule has 28 heavy (non-hydrogen) atoms. The Morgan fingerprint density at radius 2 is 1.32 bits per heavy atom. The van der Waals surface area contributed by atoms with Crippen molar-refractivity contribution in [2.75, 3.05) is 18.0 Å². The van der Waals surface area contributed by atoms with Crippen molar-refractivity contribution in [1.29, 1.82) is 0 Å². The zero-order valence-electron chi connectivity index (χ0n) is 16.1. The van der Waals surface area contributed by atoms with E-state index in [0.29, 0.717) is 18.8 Å². The fourth-order valence-electron chi connectivity index (χ4n) is 3.33. The first-order chi connectivity index (χ1) is 13.6. The molecule has 6 heteroatoms. The third kappa shape index (κ3) is 3.71. The summed E-state index contributed by atoms with van der Waals surface area (Å²) in [6.07, 6.45) is 1.42. The van der Waals surface area contributed by atoms with Crippen LogP contribution in [0.3, 0.4) is 0 Å². The van der Waals surface area contributed by atoms with Gasteiger partial charge in [0.1, 0.15) is 11.4 Å². The molecular formula is C22H23N5O. The number of benzene rings is 2. The maximum absolute atomic E-state index is 8.97. The summed E-state index contributed by atoms with van der Waals surface area (Å²) in [6.45, 7) is 5.58. The Kier molecular flexibility index (Phi) is 5.02. The molecule has 142 valence electrons. The first kappa shape index (κ1) is 18.1. The Morgan fingerprint density at radius 1 is 0.786 bits per heavy atom. The predicted octanol–water partition coefficient (Wildman–Crippen LogP) is 4.25. The highest BCUT2D eigenvalue weighted by atomic mass is 16.4. The molecule has 4 rings (SSSR count). The van der Waals surface area contributed by atoms with Gasteiger partial charge in [0.2, 0.25) is 5.95 Å². The zero-order valence-corrected chi connectivity index (χ0v) is 16.1. The number of aromatic nitrogens is 3. The van der Waals surface area contributed by atoms with Crippen LogP contribution in [-0.4, -0.2) is 39.2 Å². The summed E-state index contributed by atoms with van der Waals surface area (Å²) in [5.74, 6) is 0.614. The molecule has 1 fully saturated rings. The topological polar surface area (TPSA) is 74.5 Å². The number of rotatable bonds is 3. The van der Waals surface area contributed by atoms with E-state index in [-0.39, 0.29) is 0 Å². The van der Waals surface area contributed by atoms with Crippen LogP contribution < -0.4 is 4.90 Å². The van der Waals surface area contributed by atoms with Crippen molar-refractivity contribution in [3.63, 3.8) is 0 Å². The van der Waals surface area contributed by atoms with Gasteiger partial charge in [0.25, 0.3) is 0 Å². The molecule has 0 saturated carbocycles. The van der Waals surface area contributed by atoms with Crippen molar-refractivity contribution in [2.24, 2.45) is 5.16 Å². The van der Waals surface area contributed by atoms with Gasteiger partial charge in [-0.05, 0) is 13.8 Å². The molecule has 1 aliphatic rings. The van der Waals surface area contributed by atoms with Crippen LogP contribution in [0.2, 0.25) is 0 Å². The molecule has 3 aromatic rings. The van der Waals surface area contributed by atoms with Gasteiger partial charge in [-0.15, -0.1) is 10.2 Å². The first-order valence-electron chi connectivity index (χ1n) is 9.47. The second-order valence-electron chi connectivity index (χ2n) is 7.19. The Labute approximate surface area is 164 Å². The lowest BCUT2D eigenvalue weighted by Crippen LogP contribution is -2.35. The summed E-state index contributed by atoms with van der Waals surface area (Å²) >= 11 is 0. The van der Waals surface area contributed by atoms with Gasteiger partial charge in [0.15, 0.2) is 0 Å². The van der Waals surface area contributed by atoms with Gasteiger partial charge in [0, 0.05) is 37.1 Å². The summed E-state index contributed by atoms with van der Waals surface area (Å²) in [5, 5.41) is 21.3. The zero-order chi connectivity index (χ0) is 19.5. The number of nitrogens with zero attached hydrogens (tertiary/aromatic N) is 5. The Hall–Kier alpha value is -3.28. The molecular weight excluding hydrogens is 350 g/mol. The molecule has 1 saturated heterocycles. The van der Waals surface area contributed by atoms with Gasteiger partial charge in [-0.25, -0.2) is 4.98 Å². The van der Waals surface area contributed by atoms with Crippen LogP contribution in [0, 0.1) is 13.8 Å². The van der Waals surface area contributed by atoms with Crippen LogP contribution in [0.15, 0.2) is 53.7 Å². The number of anilines is 1. The summed E-state index contributed by atoms with van der Waals surface area (Å²) in [7, 11) is 0. The van der Waals surface area contributed by atoms with Crippen molar-refractivity contribution in [3.8, 4) is 22.5 Å². The molecule has 0 atom stereocenters. The van der Waals surface area contributed by atoms with Gasteiger partial charge in [-0.3, -0.25) is 0 Å². The molecule has 2 aromatic carbocycles. The highest BCUT2D eigenvalue weighted by molar-refractivity contribution is 5.86. The summed E-state index contributed by atoms with van der Waals surface area (Å²) in [5.41, 5.74) is 6.85. The van der Waals surface area contributed by atoms with Crippen LogP contribution >= 0.6 is 0 Å². The second kappa shape index (κ2) is 7.76. The Bertz CT molecular complexity index is 986. The van der Waals surface area contributed by atoms with Crippen molar-refractivity contribution in [1.82, 2.24) is 15.2 Å². The van der Waals surface area contributed by atoms with Crippen LogP contribution in [0.1, 0.15) is 24.0 Å². The standard InChI is InChI=1S/C22H23N5O/c1-15-3-7-17(8-4-15)20-21(18-9-5-16(2)6-10-18)24-25-22(23-20)27-13-11-19(26-28)12-14-27/h3-10,28H,11-14H2,1-2H3. The minimum atomic E-state index is 0.614. The lowest BCUT2D eigenvalue weighted by atomic mass is 10.0. The first-order valence-corrected chi connectivity index (χ1v) is 9.47. The average molecular weight is 373 g/mol. The number of aryl methyl sites for hydroxylation is 2. The van der Waals surface area contributed by atoms with E-state index in [1.807, 2.05) is 0 Å². The molecule has 0 amide bonds. The number of hydrogen-bond donors (Lipinski definition) is 1. The maximum atomic E-state index is 8.97. The molecule has 6 nitrogen and oxygen atoms in total. The largest absolute Gasteiger partial charge is 0.411 e. The van der Waals surface area contributed by atoms with E-state index < -0.39 is 0 Å². The molecule has 2 heterocycles. The third-order valence-corrected chi connectivity index (χ3v) is 5.09. The van der Waals surface area contributed by atoms with Crippen molar-refractivity contribution < 1.29 is 5.21 Å². The van der Waals surface area contributed by atoms with E-state index in [4.69, 9.17) is 10.2 Å². The van der Waals surface area contributed by atoms with Crippen molar-refractivity contribution >= 4 is 11.7 Å². The molecule has 0 spiro atoms. The van der Waals surface area contributed by atoms with Crippen molar-refractivity contribution in [2.45, 2.75) is 26.7 Å². The lowest BCUT2D eigenvalue weighted by molar-refractivity contribution is 0.315. The number of piperidine rings is 1. The molecule has 0 aliphatic carbocycles. The van der Waals surface area contributed by atoms with Crippen LogP contribution in [0.5, 0.6) is 0 Å². The SMILES string of the molecule is Cc1ccc(-c2nnc(N3CCC(=NO)CC3)nc2-c2ccc(C)cc2)cc1. The summed E-state index contributed by atoms with van der Waals surface area (Å²) in [4.78, 5) is 6.99. The normalized spacial score (nSPS) is 14.2. The number of hydrogen-bond acceptors (Lipinski definition) is 6. The van der Waals surface area contributed by atoms with E-state index in [9.17, 15) is 0 Å². The molecule has 0 bridgehead atoms. The molecule has 1 aromatic heterocycles. The fraction of sp³-hybridized carbons (Fsp3) is 0.273. The van der Waals surface area contributed by atoms with Crippen LogP contribution in [-0.2, 0) is 0 Å². The minimum absolute atomic E-state index is 0.614. The van der Waals surface area contributed by atoms with E-state index >= 15 is 0 Å². The van der Waals surface area contributed by atoms with Crippen LogP contribution in [0.4, 0.5) is 5.95 Å². The Balaban J connectivity index is 1.76. The summed E-state index contributed by atoms with van der Waals surface area (Å²) in [6, 6.07) is 16.6. The van der Waals surface area contributed by atoms with Crippen molar-refractivity contribution in [3.05, 3.63) is 59.7 Å². The highest BCUT2D eigenvalue weighted by Crippen LogP contribution is 2.30. The summed E-state index contributed by atoms with van der Waals surface area (Å²) < 4.78 is 0. The van der Waals surface area contributed by atoms with E-state index in [0.717, 1.165) is 41.3 Å². The third-order valence-electron chi connectivity index (χ3n) is 5.09. The monoisotopic (exact) mass is 373 g/mol. The fourth-order valence-corrected chi connectivity index (χ4v) is 3.33. The lowest BCUT2D eigenvalue weighted by Gasteiger charge is -2.27. The molecule has 1 N–H and O–H groups in total. The van der Waals surface area contributed by atoms with E-state index in [2.05, 4.69) is 82.6 Å². The van der Waals surface area contributed by atoms with Gasteiger partial charge < -0.3 is 10.1 Å². The molecule has 0 radical (unpaired) electrons. The second-order valence-corrected chi connectivity index (χ2v) is 7.19. The van der Waals surface area contributed by atoms with Gasteiger partial charge in [0.05, 0.1) is 5.71 Å². The van der Waals surface area contributed by atoms with E-state index in [1.165, 1.54) is 11.1 Å². The minimum Gasteiger partial charge on any atom is -0.411 e. The smallest absolute Gasteiger partial charge is 0.245 e. The average Bonchev–Trinajstić information content (AvgIpc) is 2.75. The van der Waals surface area contributed by atoms with Gasteiger partial charge >= 0.3 is 0 Å². The maximum Gasteiger partial charge on any atom is 0.245 e.